The van der Waals surface area contributed by atoms with Crippen LogP contribution in [0.1, 0.15) is 40.0 Å². The molecule has 1 fully saturated rings. The summed E-state index contributed by atoms with van der Waals surface area (Å²) in [5.41, 5.74) is 0. The molecule has 20 heavy (non-hydrogen) atoms. The Bertz CT molecular complexity index is 369. The summed E-state index contributed by atoms with van der Waals surface area (Å²) in [7, 11) is 0. The van der Waals surface area contributed by atoms with Gasteiger partial charge < -0.3 is 10.2 Å². The van der Waals surface area contributed by atoms with Crippen LogP contribution in [-0.4, -0.2) is 41.5 Å². The Balaban J connectivity index is 2.74. The number of alkyl halides is 3. The van der Waals surface area contributed by atoms with Crippen LogP contribution in [0.2, 0.25) is 0 Å². The number of rotatable bonds is 4. The van der Waals surface area contributed by atoms with Crippen LogP contribution >= 0.6 is 0 Å². The second-order valence-electron chi connectivity index (χ2n) is 5.59. The van der Waals surface area contributed by atoms with Crippen LogP contribution in [0.25, 0.3) is 0 Å². The first-order chi connectivity index (χ1) is 9.11. The van der Waals surface area contributed by atoms with Crippen molar-refractivity contribution in [3.8, 4) is 0 Å². The summed E-state index contributed by atoms with van der Waals surface area (Å²) in [6.07, 6.45) is -5.15. The lowest BCUT2D eigenvalue weighted by atomic mass is 10.0. The fourth-order valence-electron chi connectivity index (χ4n) is 2.30. The van der Waals surface area contributed by atoms with Crippen LogP contribution < -0.4 is 5.32 Å². The molecule has 1 heterocycles. The molecule has 0 saturated carbocycles. The minimum atomic E-state index is -4.22. The zero-order valence-corrected chi connectivity index (χ0v) is 12.0. The molecule has 0 spiro atoms. The highest BCUT2D eigenvalue weighted by Crippen LogP contribution is 2.23. The van der Waals surface area contributed by atoms with E-state index in [4.69, 9.17) is 0 Å². The molecule has 0 aromatic carbocycles. The molecular formula is C13H21F3N2O2. The second kappa shape index (κ2) is 6.45. The highest BCUT2D eigenvalue weighted by Gasteiger charge is 2.36. The second-order valence-corrected chi connectivity index (χ2v) is 5.59. The molecule has 1 N–H and O–H groups in total. The first kappa shape index (κ1) is 16.8. The molecule has 1 aliphatic rings. The maximum Gasteiger partial charge on any atom is 0.389 e. The molecule has 0 aromatic heterocycles. The summed E-state index contributed by atoms with van der Waals surface area (Å²) >= 11 is 0. The smallest absolute Gasteiger partial charge is 0.344 e. The summed E-state index contributed by atoms with van der Waals surface area (Å²) in [5.74, 6) is -0.620. The monoisotopic (exact) mass is 294 g/mol. The molecule has 116 valence electrons. The van der Waals surface area contributed by atoms with Crippen LogP contribution in [0.4, 0.5) is 13.2 Å². The Hall–Kier alpha value is -1.27. The van der Waals surface area contributed by atoms with Crippen molar-refractivity contribution in [3.05, 3.63) is 0 Å². The molecule has 1 rings (SSSR count). The minimum Gasteiger partial charge on any atom is -0.344 e. The van der Waals surface area contributed by atoms with Crippen LogP contribution in [0.15, 0.2) is 0 Å². The largest absolute Gasteiger partial charge is 0.389 e. The van der Waals surface area contributed by atoms with E-state index in [9.17, 15) is 22.8 Å². The number of amides is 2. The van der Waals surface area contributed by atoms with Gasteiger partial charge in [0.05, 0.1) is 0 Å². The zero-order valence-electron chi connectivity index (χ0n) is 12.0. The van der Waals surface area contributed by atoms with Crippen LogP contribution in [0, 0.1) is 5.92 Å². The number of hydrogen-bond acceptors (Lipinski definition) is 2. The molecule has 0 aliphatic carbocycles. The Morgan fingerprint density at radius 2 is 1.95 bits per heavy atom. The first-order valence-corrected chi connectivity index (χ1v) is 6.78. The van der Waals surface area contributed by atoms with Crippen LogP contribution in [0.3, 0.4) is 0 Å². The average molecular weight is 294 g/mol. The van der Waals surface area contributed by atoms with E-state index in [1.54, 1.807) is 20.8 Å². The van der Waals surface area contributed by atoms with Gasteiger partial charge in [0.1, 0.15) is 6.04 Å². The van der Waals surface area contributed by atoms with E-state index in [0.717, 1.165) is 0 Å². The van der Waals surface area contributed by atoms with Crippen molar-refractivity contribution in [2.24, 2.45) is 5.92 Å². The number of carbonyl (C=O) groups excluding carboxylic acids is 2. The first-order valence-electron chi connectivity index (χ1n) is 6.78. The highest BCUT2D eigenvalue weighted by molar-refractivity contribution is 5.90. The van der Waals surface area contributed by atoms with E-state index in [-0.39, 0.29) is 43.2 Å². The van der Waals surface area contributed by atoms with Gasteiger partial charge in [0.2, 0.25) is 11.8 Å². The lowest BCUT2D eigenvalue weighted by Crippen LogP contribution is -2.49. The lowest BCUT2D eigenvalue weighted by molar-refractivity contribution is -0.142. The molecule has 0 bridgehead atoms. The Kier molecular flexibility index (Phi) is 5.42. The van der Waals surface area contributed by atoms with E-state index in [2.05, 4.69) is 5.32 Å². The predicted molar refractivity (Wildman–Crippen MR) is 67.8 cm³/mol. The van der Waals surface area contributed by atoms with Crippen molar-refractivity contribution in [1.29, 1.82) is 0 Å². The third-order valence-electron chi connectivity index (χ3n) is 3.40. The van der Waals surface area contributed by atoms with Gasteiger partial charge in [-0.1, -0.05) is 13.8 Å². The van der Waals surface area contributed by atoms with Gasteiger partial charge in [-0.05, 0) is 19.3 Å². The number of nitrogens with zero attached hydrogens (tertiary/aromatic N) is 1. The van der Waals surface area contributed by atoms with Crippen molar-refractivity contribution in [3.63, 3.8) is 0 Å². The minimum absolute atomic E-state index is 0.0255. The number of hydrogen-bond donors (Lipinski definition) is 1. The third-order valence-corrected chi connectivity index (χ3v) is 3.40. The standard InChI is InChI=1S/C13H21F3N2O2/c1-8(2)11-12(20)18(6-4-5-13(14,15)16)9(3)7-10(19)17-11/h8-9,11H,4-7H2,1-3H3,(H,17,19). The van der Waals surface area contributed by atoms with Crippen LogP contribution in [0.5, 0.6) is 0 Å². The van der Waals surface area contributed by atoms with Gasteiger partial charge in [-0.3, -0.25) is 9.59 Å². The molecule has 2 atom stereocenters. The van der Waals surface area contributed by atoms with Gasteiger partial charge in [-0.2, -0.15) is 13.2 Å². The molecule has 4 nitrogen and oxygen atoms in total. The summed E-state index contributed by atoms with van der Waals surface area (Å²) in [6, 6.07) is -1.03. The molecule has 2 unspecified atom stereocenters. The molecular weight excluding hydrogens is 273 g/mol. The van der Waals surface area contributed by atoms with Crippen molar-refractivity contribution in [1.82, 2.24) is 10.2 Å². The van der Waals surface area contributed by atoms with E-state index < -0.39 is 18.6 Å². The number of nitrogens with one attached hydrogen (secondary N) is 1. The average Bonchev–Trinajstić information content (AvgIpc) is 2.37. The van der Waals surface area contributed by atoms with Crippen molar-refractivity contribution in [2.75, 3.05) is 6.54 Å². The fraction of sp³-hybridized carbons (Fsp3) is 0.846. The zero-order chi connectivity index (χ0) is 15.5. The van der Waals surface area contributed by atoms with E-state index in [1.807, 2.05) is 0 Å². The van der Waals surface area contributed by atoms with E-state index in [0.29, 0.717) is 0 Å². The normalized spacial score (nSPS) is 24.9. The molecule has 2 amide bonds. The molecule has 0 radical (unpaired) electrons. The molecule has 0 aromatic rings. The van der Waals surface area contributed by atoms with Gasteiger partial charge >= 0.3 is 6.18 Å². The maximum absolute atomic E-state index is 12.3. The summed E-state index contributed by atoms with van der Waals surface area (Å²) < 4.78 is 36.5. The quantitative estimate of drug-likeness (QED) is 0.863. The topological polar surface area (TPSA) is 49.4 Å². The van der Waals surface area contributed by atoms with E-state index >= 15 is 0 Å². The van der Waals surface area contributed by atoms with Gasteiger partial charge in [0, 0.05) is 25.4 Å². The Morgan fingerprint density at radius 3 is 2.45 bits per heavy atom. The summed E-state index contributed by atoms with van der Waals surface area (Å²) in [6.45, 7) is 5.31. The van der Waals surface area contributed by atoms with Gasteiger partial charge in [-0.15, -0.1) is 0 Å². The fourth-order valence-corrected chi connectivity index (χ4v) is 2.30. The number of carbonyl (C=O) groups is 2. The van der Waals surface area contributed by atoms with Gasteiger partial charge in [0.15, 0.2) is 0 Å². The van der Waals surface area contributed by atoms with Crippen molar-refractivity contribution < 1.29 is 22.8 Å². The Morgan fingerprint density at radius 1 is 1.35 bits per heavy atom. The predicted octanol–water partition coefficient (Wildman–Crippen LogP) is 2.09. The SMILES string of the molecule is CC(C)C1NC(=O)CC(C)N(CCCC(F)(F)F)C1=O. The molecule has 1 aliphatic heterocycles. The highest BCUT2D eigenvalue weighted by atomic mass is 19.4. The summed E-state index contributed by atoms with van der Waals surface area (Å²) in [4.78, 5) is 25.4. The van der Waals surface area contributed by atoms with E-state index in [1.165, 1.54) is 4.90 Å². The van der Waals surface area contributed by atoms with Crippen LogP contribution in [-0.2, 0) is 9.59 Å². The van der Waals surface area contributed by atoms with Gasteiger partial charge in [0.25, 0.3) is 0 Å². The molecule has 7 heteroatoms. The van der Waals surface area contributed by atoms with Crippen molar-refractivity contribution in [2.45, 2.75) is 58.3 Å². The maximum atomic E-state index is 12.3. The number of halogens is 3. The summed E-state index contributed by atoms with van der Waals surface area (Å²) in [5, 5.41) is 2.64. The Labute approximate surface area is 116 Å². The van der Waals surface area contributed by atoms with Gasteiger partial charge in [-0.25, -0.2) is 0 Å². The lowest BCUT2D eigenvalue weighted by Gasteiger charge is -2.30. The molecule has 1 saturated heterocycles. The third kappa shape index (κ3) is 4.68. The van der Waals surface area contributed by atoms with Crippen molar-refractivity contribution >= 4 is 11.8 Å².